The van der Waals surface area contributed by atoms with E-state index < -0.39 is 59.3 Å². The predicted molar refractivity (Wildman–Crippen MR) is 180 cm³/mol. The molecule has 4 rings (SSSR count). The summed E-state index contributed by atoms with van der Waals surface area (Å²) in [4.78, 5) is 71.9. The van der Waals surface area contributed by atoms with Gasteiger partial charge in [0.15, 0.2) is 0 Å². The van der Waals surface area contributed by atoms with Crippen LogP contribution < -0.4 is 10.6 Å². The summed E-state index contributed by atoms with van der Waals surface area (Å²) in [7, 11) is -16.9. The van der Waals surface area contributed by atoms with Crippen LogP contribution in [-0.2, 0) is 36.4 Å². The number of aliphatic hydroxyl groups is 1. The van der Waals surface area contributed by atoms with Crippen molar-refractivity contribution in [3.05, 3.63) is 76.0 Å². The van der Waals surface area contributed by atoms with E-state index in [-0.39, 0.29) is 36.8 Å². The van der Waals surface area contributed by atoms with Crippen LogP contribution in [0.1, 0.15) is 54.3 Å². The SMILES string of the molecule is O=C(CCCCCNC(=O)c1cccc2ccccc12)NCC#Cc1cc([N+](=O)[O-])n([C@H]2CC(O)[C@@H](COP(=O)(O)OP(=O)(O)OP(=O)(O)O)O2)c1. The highest BCUT2D eigenvalue weighted by Gasteiger charge is 2.44. The number of aliphatic hydroxyl groups excluding tert-OH is 1. The lowest BCUT2D eigenvalue weighted by molar-refractivity contribution is -0.393. The summed E-state index contributed by atoms with van der Waals surface area (Å²) in [5.74, 6) is 4.47. The lowest BCUT2D eigenvalue weighted by atomic mass is 10.0. The summed E-state index contributed by atoms with van der Waals surface area (Å²) in [6.45, 7) is -0.556. The number of nitrogens with zero attached hydrogens (tertiary/aromatic N) is 2. The van der Waals surface area contributed by atoms with Crippen molar-refractivity contribution in [1.29, 1.82) is 0 Å². The van der Waals surface area contributed by atoms with Crippen LogP contribution in [0.3, 0.4) is 0 Å². The highest BCUT2D eigenvalue weighted by molar-refractivity contribution is 7.66. The number of amides is 2. The number of carbonyl (C=O) groups is 2. The Balaban J connectivity index is 1.19. The third kappa shape index (κ3) is 12.4. The van der Waals surface area contributed by atoms with Gasteiger partial charge in [0.1, 0.15) is 12.3 Å². The average Bonchev–Trinajstić information content (AvgIpc) is 3.65. The lowest BCUT2D eigenvalue weighted by Crippen LogP contribution is -2.26. The summed E-state index contributed by atoms with van der Waals surface area (Å²) in [6, 6.07) is 14.3. The van der Waals surface area contributed by atoms with Gasteiger partial charge in [-0.1, -0.05) is 54.7 Å². The number of benzene rings is 2. The number of phosphoric ester groups is 1. The number of nitro groups is 1. The van der Waals surface area contributed by atoms with Gasteiger partial charge >= 0.3 is 29.3 Å². The smallest absolute Gasteiger partial charge is 0.390 e. The van der Waals surface area contributed by atoms with E-state index in [4.69, 9.17) is 14.5 Å². The van der Waals surface area contributed by atoms with E-state index in [1.54, 1.807) is 6.07 Å². The van der Waals surface area contributed by atoms with Gasteiger partial charge in [0.05, 0.1) is 30.9 Å². The van der Waals surface area contributed by atoms with Crippen molar-refractivity contribution in [3.8, 4) is 11.8 Å². The summed E-state index contributed by atoms with van der Waals surface area (Å²) in [5, 5.41) is 29.4. The molecule has 1 aromatic heterocycles. The van der Waals surface area contributed by atoms with Crippen LogP contribution >= 0.6 is 23.5 Å². The molecule has 1 fully saturated rings. The Morgan fingerprint density at radius 3 is 2.46 bits per heavy atom. The molecular formula is C29H35N4O16P3. The van der Waals surface area contributed by atoms with Gasteiger partial charge in [-0.25, -0.2) is 18.3 Å². The number of hydrogen-bond donors (Lipinski definition) is 7. The average molecular weight is 789 g/mol. The monoisotopic (exact) mass is 788 g/mol. The second-order valence-electron chi connectivity index (χ2n) is 11.2. The van der Waals surface area contributed by atoms with Gasteiger partial charge in [-0.2, -0.15) is 8.62 Å². The maximum Gasteiger partial charge on any atom is 0.490 e. The van der Waals surface area contributed by atoms with Gasteiger partial charge in [-0.3, -0.25) is 14.1 Å². The quantitative estimate of drug-likeness (QED) is 0.0340. The van der Waals surface area contributed by atoms with Crippen LogP contribution in [0.5, 0.6) is 0 Å². The number of rotatable bonds is 17. The molecule has 7 N–H and O–H groups in total. The van der Waals surface area contributed by atoms with Crippen LogP contribution in [0.25, 0.3) is 10.8 Å². The molecule has 52 heavy (non-hydrogen) atoms. The van der Waals surface area contributed by atoms with Crippen LogP contribution in [0, 0.1) is 22.0 Å². The first-order chi connectivity index (χ1) is 24.4. The van der Waals surface area contributed by atoms with E-state index >= 15 is 0 Å². The molecule has 1 aliphatic rings. The molecule has 23 heteroatoms. The molecule has 1 aliphatic heterocycles. The first-order valence-corrected chi connectivity index (χ1v) is 19.9. The molecule has 0 bridgehead atoms. The van der Waals surface area contributed by atoms with Gasteiger partial charge in [0, 0.05) is 24.9 Å². The lowest BCUT2D eigenvalue weighted by Gasteiger charge is -2.18. The van der Waals surface area contributed by atoms with Crippen molar-refractivity contribution in [2.75, 3.05) is 19.7 Å². The van der Waals surface area contributed by atoms with Crippen molar-refractivity contribution in [2.24, 2.45) is 0 Å². The summed E-state index contributed by atoms with van der Waals surface area (Å²) in [5.41, 5.74) is 0.763. The minimum absolute atomic E-state index is 0.0553. The molecule has 2 heterocycles. The molecule has 2 amide bonds. The molecule has 3 aromatic rings. The third-order valence-corrected chi connectivity index (χ3v) is 11.2. The van der Waals surface area contributed by atoms with Crippen LogP contribution in [-0.4, -0.2) is 77.9 Å². The number of nitrogens with one attached hydrogen (secondary N) is 2. The molecule has 282 valence electrons. The van der Waals surface area contributed by atoms with Gasteiger partial charge in [0.2, 0.25) is 12.1 Å². The highest BCUT2D eigenvalue weighted by Crippen LogP contribution is 2.66. The molecule has 3 unspecified atom stereocenters. The van der Waals surface area contributed by atoms with Crippen LogP contribution in [0.2, 0.25) is 0 Å². The second-order valence-corrected chi connectivity index (χ2v) is 15.7. The van der Waals surface area contributed by atoms with Crippen molar-refractivity contribution >= 4 is 51.9 Å². The normalized spacial score (nSPS) is 19.6. The Morgan fingerprint density at radius 2 is 1.73 bits per heavy atom. The number of carbonyl (C=O) groups excluding carboxylic acids is 2. The van der Waals surface area contributed by atoms with Crippen molar-refractivity contribution in [2.45, 2.75) is 50.5 Å². The molecule has 0 radical (unpaired) electrons. The second kappa shape index (κ2) is 17.8. The molecule has 0 saturated carbocycles. The number of fused-ring (bicyclic) bond motifs is 1. The predicted octanol–water partition coefficient (Wildman–Crippen LogP) is 3.00. The maximum atomic E-state index is 12.6. The molecule has 0 spiro atoms. The molecule has 5 atom stereocenters. The zero-order valence-electron chi connectivity index (χ0n) is 27.0. The van der Waals surface area contributed by atoms with Crippen LogP contribution in [0.4, 0.5) is 5.82 Å². The minimum Gasteiger partial charge on any atom is -0.390 e. The number of ether oxygens (including phenoxy) is 1. The number of unbranched alkanes of at least 4 members (excludes halogenated alkanes) is 2. The topological polar surface area (TPSA) is 296 Å². The third-order valence-electron chi connectivity index (χ3n) is 7.35. The first kappa shape index (κ1) is 41.0. The Morgan fingerprint density at radius 1 is 1.00 bits per heavy atom. The van der Waals surface area contributed by atoms with E-state index in [0.717, 1.165) is 21.4 Å². The van der Waals surface area contributed by atoms with Crippen LogP contribution in [0.15, 0.2) is 54.7 Å². The fraction of sp³-hybridized carbons (Fsp3) is 0.379. The fourth-order valence-corrected chi connectivity index (χ4v) is 8.13. The number of hydrogen-bond acceptors (Lipinski definition) is 12. The molecule has 2 aromatic carbocycles. The van der Waals surface area contributed by atoms with Crippen molar-refractivity contribution in [1.82, 2.24) is 15.2 Å². The largest absolute Gasteiger partial charge is 0.490 e. The molecule has 0 aliphatic carbocycles. The highest BCUT2D eigenvalue weighted by atomic mass is 31.3. The Labute approximate surface area is 295 Å². The summed E-state index contributed by atoms with van der Waals surface area (Å²) >= 11 is 0. The zero-order chi connectivity index (χ0) is 38.1. The minimum atomic E-state index is -5.76. The van der Waals surface area contributed by atoms with Crippen molar-refractivity contribution < 1.29 is 70.8 Å². The Kier molecular flexibility index (Phi) is 14.0. The van der Waals surface area contributed by atoms with Gasteiger partial charge in [0.25, 0.3) is 5.91 Å². The molecule has 1 saturated heterocycles. The van der Waals surface area contributed by atoms with E-state index in [1.807, 2.05) is 36.4 Å². The first-order valence-electron chi connectivity index (χ1n) is 15.4. The van der Waals surface area contributed by atoms with E-state index in [2.05, 4.69) is 35.6 Å². The molecular weight excluding hydrogens is 753 g/mol. The Bertz CT molecular complexity index is 1980. The van der Waals surface area contributed by atoms with E-state index in [1.165, 1.54) is 6.20 Å². The maximum absolute atomic E-state index is 12.6. The summed E-state index contributed by atoms with van der Waals surface area (Å²) in [6.07, 6.45) is -0.842. The van der Waals surface area contributed by atoms with Gasteiger partial charge in [-0.05, 0) is 34.6 Å². The van der Waals surface area contributed by atoms with E-state index in [0.29, 0.717) is 31.4 Å². The standard InChI is InChI=1S/C29H35N4O16P3/c34-24-17-28(47-25(24)19-46-51(42,43)49-52(44,45)48-50(39,40)41)32-18-20(16-27(32)33(37)38)8-7-15-30-26(35)13-2-1-5-14-31-29(36)23-12-6-10-21-9-3-4-11-22(21)23/h3-4,6,9-12,16,18,24-25,28,34H,1-2,5,13-15,17,19H2,(H,30,35)(H,31,36)(H,42,43)(H,44,45)(H2,39,40,41)/t24?,25-,28-/m1/s1. The number of aromatic nitrogens is 1. The van der Waals surface area contributed by atoms with Crippen molar-refractivity contribution in [3.63, 3.8) is 0 Å². The summed E-state index contributed by atoms with van der Waals surface area (Å²) < 4.78 is 52.5. The van der Waals surface area contributed by atoms with E-state index in [9.17, 15) is 48.3 Å². The number of phosphoric acid groups is 3. The molecule has 20 nitrogen and oxygen atoms in total. The fourth-order valence-electron chi connectivity index (χ4n) is 5.10. The van der Waals surface area contributed by atoms with Gasteiger partial charge in [-0.15, -0.1) is 0 Å². The van der Waals surface area contributed by atoms with Gasteiger partial charge < -0.3 is 50.2 Å². The Hall–Kier alpha value is -3.79. The zero-order valence-corrected chi connectivity index (χ0v) is 29.7.